The second kappa shape index (κ2) is 9.37. The zero-order valence-electron chi connectivity index (χ0n) is 17.4. The summed E-state index contributed by atoms with van der Waals surface area (Å²) in [5, 5.41) is 13.7. The molecule has 0 amide bonds. The van der Waals surface area contributed by atoms with E-state index >= 15 is 0 Å². The first-order valence-electron chi connectivity index (χ1n) is 9.04. The van der Waals surface area contributed by atoms with Gasteiger partial charge < -0.3 is 19.5 Å². The van der Waals surface area contributed by atoms with Crippen molar-refractivity contribution in [3.63, 3.8) is 0 Å². The summed E-state index contributed by atoms with van der Waals surface area (Å²) in [6.07, 6.45) is 1.89. The topological polar surface area (TPSA) is 89.3 Å². The van der Waals surface area contributed by atoms with E-state index < -0.39 is 0 Å². The number of thioether (sulfide) groups is 1. The summed E-state index contributed by atoms with van der Waals surface area (Å²) in [7, 11) is 4.74. The van der Waals surface area contributed by atoms with Crippen molar-refractivity contribution in [1.29, 1.82) is 5.26 Å². The molecule has 1 heterocycles. The second-order valence-electron chi connectivity index (χ2n) is 6.29. The summed E-state index contributed by atoms with van der Waals surface area (Å²) >= 11 is 1.39. The Hall–Kier alpha value is -3.44. The highest BCUT2D eigenvalue weighted by Gasteiger charge is 2.19. The van der Waals surface area contributed by atoms with E-state index in [0.29, 0.717) is 39.5 Å². The fraction of sp³-hybridized carbons (Fsp3) is 0.227. The first-order valence-corrected chi connectivity index (χ1v) is 10.3. The zero-order valence-corrected chi connectivity index (χ0v) is 18.3. The van der Waals surface area contributed by atoms with Gasteiger partial charge in [0.05, 0.1) is 32.7 Å². The van der Waals surface area contributed by atoms with Crippen LogP contribution in [0.2, 0.25) is 0 Å². The molecule has 30 heavy (non-hydrogen) atoms. The van der Waals surface area contributed by atoms with Gasteiger partial charge in [0.25, 0.3) is 0 Å². The van der Waals surface area contributed by atoms with Crippen LogP contribution < -0.4 is 19.5 Å². The van der Waals surface area contributed by atoms with E-state index in [1.165, 1.54) is 11.8 Å². The number of anilines is 2. The Kier molecular flexibility index (Phi) is 6.65. The standard InChI is InChI=1S/C22H22N4O3S/c1-13-6-8-17(27-2)16(10-13)24-21-15(12-23)20(25-22(26-21)30-5)14-7-9-18(28-3)19(11-14)29-4/h6-11H,1-5H3,(H,24,25,26). The molecule has 0 spiro atoms. The van der Waals surface area contributed by atoms with Crippen molar-refractivity contribution in [3.8, 4) is 34.6 Å². The van der Waals surface area contributed by atoms with Gasteiger partial charge in [-0.05, 0) is 49.1 Å². The molecule has 0 fully saturated rings. The maximum atomic E-state index is 9.95. The van der Waals surface area contributed by atoms with Crippen molar-refractivity contribution in [2.45, 2.75) is 12.1 Å². The predicted octanol–water partition coefficient (Wildman–Crippen LogP) is 4.82. The Morgan fingerprint density at radius 2 is 1.63 bits per heavy atom. The molecular weight excluding hydrogens is 400 g/mol. The maximum absolute atomic E-state index is 9.95. The molecule has 3 rings (SSSR count). The molecule has 0 aliphatic rings. The van der Waals surface area contributed by atoms with Crippen LogP contribution in [0, 0.1) is 18.3 Å². The van der Waals surface area contributed by atoms with E-state index in [-0.39, 0.29) is 0 Å². The molecule has 0 radical (unpaired) electrons. The Labute approximate surface area is 180 Å². The smallest absolute Gasteiger partial charge is 0.189 e. The number of hydrogen-bond acceptors (Lipinski definition) is 8. The number of nitrogens with zero attached hydrogens (tertiary/aromatic N) is 3. The van der Waals surface area contributed by atoms with Gasteiger partial charge in [0.1, 0.15) is 17.4 Å². The van der Waals surface area contributed by atoms with Crippen molar-refractivity contribution in [2.75, 3.05) is 32.9 Å². The molecular formula is C22H22N4O3S. The van der Waals surface area contributed by atoms with Crippen LogP contribution in [0.5, 0.6) is 17.2 Å². The van der Waals surface area contributed by atoms with Gasteiger partial charge in [0.15, 0.2) is 22.5 Å². The van der Waals surface area contributed by atoms with Crippen LogP contribution in [0.4, 0.5) is 11.5 Å². The lowest BCUT2D eigenvalue weighted by atomic mass is 10.1. The van der Waals surface area contributed by atoms with Crippen molar-refractivity contribution in [2.24, 2.45) is 0 Å². The van der Waals surface area contributed by atoms with E-state index in [4.69, 9.17) is 14.2 Å². The quantitative estimate of drug-likeness (QED) is 0.428. The molecule has 0 saturated carbocycles. The molecule has 0 aliphatic heterocycles. The molecule has 3 aromatic rings. The number of benzene rings is 2. The summed E-state index contributed by atoms with van der Waals surface area (Å²) in [5.74, 6) is 2.21. The molecule has 0 saturated heterocycles. The molecule has 154 valence electrons. The van der Waals surface area contributed by atoms with Crippen LogP contribution >= 0.6 is 11.8 Å². The Morgan fingerprint density at radius 1 is 0.933 bits per heavy atom. The maximum Gasteiger partial charge on any atom is 0.189 e. The lowest BCUT2D eigenvalue weighted by Crippen LogP contribution is -2.04. The summed E-state index contributed by atoms with van der Waals surface area (Å²) in [6, 6.07) is 13.4. The predicted molar refractivity (Wildman–Crippen MR) is 118 cm³/mol. The van der Waals surface area contributed by atoms with Crippen molar-refractivity contribution in [3.05, 3.63) is 47.5 Å². The summed E-state index contributed by atoms with van der Waals surface area (Å²) in [5.41, 5.74) is 3.32. The molecule has 7 nitrogen and oxygen atoms in total. The van der Waals surface area contributed by atoms with E-state index in [1.54, 1.807) is 33.5 Å². The van der Waals surface area contributed by atoms with Crippen LogP contribution in [0.15, 0.2) is 41.6 Å². The fourth-order valence-corrected chi connectivity index (χ4v) is 3.33. The third-order valence-electron chi connectivity index (χ3n) is 4.45. The second-order valence-corrected chi connectivity index (χ2v) is 7.07. The Balaban J connectivity index is 2.18. The van der Waals surface area contributed by atoms with Crippen LogP contribution in [0.25, 0.3) is 11.3 Å². The van der Waals surface area contributed by atoms with E-state index in [9.17, 15) is 5.26 Å². The molecule has 1 aromatic heterocycles. The number of methoxy groups -OCH3 is 3. The molecule has 0 atom stereocenters. The largest absolute Gasteiger partial charge is 0.495 e. The SMILES string of the molecule is COc1ccc(C)cc1Nc1nc(SC)nc(-c2ccc(OC)c(OC)c2)c1C#N. The van der Waals surface area contributed by atoms with E-state index in [2.05, 4.69) is 21.4 Å². The van der Waals surface area contributed by atoms with E-state index in [1.807, 2.05) is 37.4 Å². The van der Waals surface area contributed by atoms with Gasteiger partial charge in [-0.2, -0.15) is 5.26 Å². The molecule has 2 aromatic carbocycles. The minimum atomic E-state index is 0.323. The minimum absolute atomic E-state index is 0.323. The summed E-state index contributed by atoms with van der Waals surface area (Å²) in [4.78, 5) is 9.12. The lowest BCUT2D eigenvalue weighted by Gasteiger charge is -2.15. The number of nitrogens with one attached hydrogen (secondary N) is 1. The molecule has 0 unspecified atom stereocenters. The molecule has 0 bridgehead atoms. The first kappa shape index (κ1) is 21.3. The number of nitriles is 1. The molecule has 8 heteroatoms. The highest BCUT2D eigenvalue weighted by molar-refractivity contribution is 7.98. The van der Waals surface area contributed by atoms with Crippen molar-refractivity contribution >= 4 is 23.3 Å². The molecule has 1 N–H and O–H groups in total. The van der Waals surface area contributed by atoms with Gasteiger partial charge in [0, 0.05) is 5.56 Å². The van der Waals surface area contributed by atoms with Crippen molar-refractivity contribution < 1.29 is 14.2 Å². The minimum Gasteiger partial charge on any atom is -0.495 e. The van der Waals surface area contributed by atoms with Crippen LogP contribution in [-0.2, 0) is 0 Å². The number of aryl methyl sites for hydroxylation is 1. The number of ether oxygens (including phenoxy) is 3. The number of hydrogen-bond donors (Lipinski definition) is 1. The van der Waals surface area contributed by atoms with Crippen LogP contribution in [0.3, 0.4) is 0 Å². The Bertz CT molecular complexity index is 1110. The monoisotopic (exact) mass is 422 g/mol. The average Bonchev–Trinajstić information content (AvgIpc) is 2.78. The van der Waals surface area contributed by atoms with Crippen LogP contribution in [-0.4, -0.2) is 37.6 Å². The van der Waals surface area contributed by atoms with Gasteiger partial charge in [-0.15, -0.1) is 0 Å². The van der Waals surface area contributed by atoms with Crippen molar-refractivity contribution in [1.82, 2.24) is 9.97 Å². The fourth-order valence-electron chi connectivity index (χ4n) is 2.97. The first-order chi connectivity index (χ1) is 14.5. The van der Waals surface area contributed by atoms with Gasteiger partial charge in [0.2, 0.25) is 0 Å². The van der Waals surface area contributed by atoms with Gasteiger partial charge in [-0.25, -0.2) is 9.97 Å². The van der Waals surface area contributed by atoms with Gasteiger partial charge in [-0.3, -0.25) is 0 Å². The number of aromatic nitrogens is 2. The third kappa shape index (κ3) is 4.26. The van der Waals surface area contributed by atoms with E-state index in [0.717, 1.165) is 16.8 Å². The number of rotatable bonds is 7. The highest BCUT2D eigenvalue weighted by atomic mass is 32.2. The Morgan fingerprint density at radius 3 is 2.27 bits per heavy atom. The third-order valence-corrected chi connectivity index (χ3v) is 5.00. The normalized spacial score (nSPS) is 10.3. The van der Waals surface area contributed by atoms with Gasteiger partial charge >= 0.3 is 0 Å². The van der Waals surface area contributed by atoms with Crippen LogP contribution in [0.1, 0.15) is 11.1 Å². The molecule has 0 aliphatic carbocycles. The summed E-state index contributed by atoms with van der Waals surface area (Å²) in [6.45, 7) is 1.98. The lowest BCUT2D eigenvalue weighted by molar-refractivity contribution is 0.355. The average molecular weight is 423 g/mol. The van der Waals surface area contributed by atoms with Gasteiger partial charge in [-0.1, -0.05) is 17.8 Å². The zero-order chi connectivity index (χ0) is 21.7. The highest BCUT2D eigenvalue weighted by Crippen LogP contribution is 2.36. The summed E-state index contributed by atoms with van der Waals surface area (Å²) < 4.78 is 16.2.